The van der Waals surface area contributed by atoms with Gasteiger partial charge in [0.05, 0.1) is 0 Å². The molecule has 0 aromatic heterocycles. The van der Waals surface area contributed by atoms with Crippen LogP contribution in [0.2, 0.25) is 0 Å². The summed E-state index contributed by atoms with van der Waals surface area (Å²) >= 11 is 4.89. The van der Waals surface area contributed by atoms with Crippen LogP contribution < -0.4 is 0 Å². The van der Waals surface area contributed by atoms with Crippen molar-refractivity contribution >= 4 is 11.6 Å². The van der Waals surface area contributed by atoms with E-state index in [4.69, 9.17) is 11.6 Å². The second kappa shape index (κ2) is 0.943. The highest BCUT2D eigenvalue weighted by atomic mass is 35.5. The minimum atomic E-state index is -2.05. The Morgan fingerprint density at radius 1 is 1.57 bits per heavy atom. The summed E-state index contributed by atoms with van der Waals surface area (Å²) in [6.07, 6.45) is -0.165. The van der Waals surface area contributed by atoms with Crippen LogP contribution in [-0.4, -0.2) is 10.8 Å². The number of alkyl halides is 3. The van der Waals surface area contributed by atoms with Crippen LogP contribution in [0, 0.1) is 0 Å². The molecule has 0 aromatic carbocycles. The van der Waals surface area contributed by atoms with E-state index in [-0.39, 0.29) is 6.42 Å². The quantitative estimate of drug-likeness (QED) is 0.436. The lowest BCUT2D eigenvalue weighted by Gasteiger charge is -1.93. The van der Waals surface area contributed by atoms with Crippen molar-refractivity contribution in [3.63, 3.8) is 0 Å². The van der Waals surface area contributed by atoms with Crippen molar-refractivity contribution < 1.29 is 8.78 Å². The highest BCUT2D eigenvalue weighted by Crippen LogP contribution is 2.57. The normalized spacial score (nSPS) is 60.0. The average Bonchev–Trinajstić information content (AvgIpc) is 1.63. The third-order valence-electron chi connectivity index (χ3n) is 1.19. The highest BCUT2D eigenvalue weighted by molar-refractivity contribution is 6.26. The van der Waals surface area contributed by atoms with E-state index < -0.39 is 10.8 Å². The number of hydrogen-bond donors (Lipinski definition) is 0. The van der Waals surface area contributed by atoms with Gasteiger partial charge in [0.15, 0.2) is 5.67 Å². The van der Waals surface area contributed by atoms with Gasteiger partial charge in [0, 0.05) is 6.42 Å². The van der Waals surface area contributed by atoms with Crippen molar-refractivity contribution in [2.45, 2.75) is 24.1 Å². The van der Waals surface area contributed by atoms with Crippen LogP contribution in [0.1, 0.15) is 13.3 Å². The van der Waals surface area contributed by atoms with Crippen LogP contribution in [0.25, 0.3) is 0 Å². The second-order valence-electron chi connectivity index (χ2n) is 2.08. The number of hydrogen-bond acceptors (Lipinski definition) is 0. The van der Waals surface area contributed by atoms with Crippen molar-refractivity contribution in [2.75, 3.05) is 0 Å². The summed E-state index contributed by atoms with van der Waals surface area (Å²) in [6.45, 7) is 1.15. The van der Waals surface area contributed by atoms with E-state index >= 15 is 0 Å². The monoisotopic (exact) mass is 126 g/mol. The molecule has 0 heterocycles. The summed E-state index contributed by atoms with van der Waals surface area (Å²) in [7, 11) is 0. The molecule has 1 fully saturated rings. The second-order valence-corrected chi connectivity index (χ2v) is 2.68. The Morgan fingerprint density at radius 2 is 1.71 bits per heavy atom. The molecule has 0 bridgehead atoms. The first-order chi connectivity index (χ1) is 2.96. The van der Waals surface area contributed by atoms with Crippen molar-refractivity contribution in [2.24, 2.45) is 0 Å². The maximum Gasteiger partial charge on any atom is 0.220 e. The lowest BCUT2D eigenvalue weighted by atomic mass is 10.4. The first-order valence-electron chi connectivity index (χ1n) is 2.02. The van der Waals surface area contributed by atoms with Crippen LogP contribution in [0.3, 0.4) is 0 Å². The Kier molecular flexibility index (Phi) is 0.713. The van der Waals surface area contributed by atoms with Gasteiger partial charge in [-0.3, -0.25) is 0 Å². The third kappa shape index (κ3) is 0.613. The molecule has 0 nitrogen and oxygen atoms in total. The summed E-state index contributed by atoms with van der Waals surface area (Å²) in [5.74, 6) is 0. The third-order valence-corrected chi connectivity index (χ3v) is 1.72. The number of rotatable bonds is 0. The molecule has 1 aliphatic carbocycles. The van der Waals surface area contributed by atoms with Crippen LogP contribution in [-0.2, 0) is 0 Å². The molecule has 2 atom stereocenters. The molecule has 0 aromatic rings. The van der Waals surface area contributed by atoms with Gasteiger partial charge in [0.1, 0.15) is 0 Å². The van der Waals surface area contributed by atoms with E-state index in [0.717, 1.165) is 6.92 Å². The van der Waals surface area contributed by atoms with E-state index in [9.17, 15) is 8.78 Å². The molecule has 1 saturated carbocycles. The first-order valence-corrected chi connectivity index (χ1v) is 2.40. The fourth-order valence-corrected chi connectivity index (χ4v) is 0.624. The molecule has 0 saturated heterocycles. The van der Waals surface area contributed by atoms with Gasteiger partial charge < -0.3 is 0 Å². The average molecular weight is 127 g/mol. The van der Waals surface area contributed by atoms with Gasteiger partial charge in [0.25, 0.3) is 0 Å². The van der Waals surface area contributed by atoms with Crippen LogP contribution in [0.4, 0.5) is 8.78 Å². The SMILES string of the molecule is CC1(F)CC1(F)Cl. The first kappa shape index (κ1) is 5.29. The van der Waals surface area contributed by atoms with Crippen molar-refractivity contribution in [1.82, 2.24) is 0 Å². The molecule has 42 valence electrons. The van der Waals surface area contributed by atoms with E-state index in [1.807, 2.05) is 0 Å². The summed E-state index contributed by atoms with van der Waals surface area (Å²) < 4.78 is 24.0. The largest absolute Gasteiger partial charge is 0.239 e. The van der Waals surface area contributed by atoms with Crippen LogP contribution in [0.15, 0.2) is 0 Å². The Labute approximate surface area is 45.5 Å². The molecule has 3 heteroatoms. The molecule has 7 heavy (non-hydrogen) atoms. The smallest absolute Gasteiger partial charge is 0.220 e. The van der Waals surface area contributed by atoms with Gasteiger partial charge >= 0.3 is 0 Å². The highest BCUT2D eigenvalue weighted by Gasteiger charge is 2.67. The molecule has 0 aliphatic heterocycles. The van der Waals surface area contributed by atoms with Crippen molar-refractivity contribution in [1.29, 1.82) is 0 Å². The Hall–Kier alpha value is 0.150. The van der Waals surface area contributed by atoms with E-state index in [0.29, 0.717) is 0 Å². The fraction of sp³-hybridized carbons (Fsp3) is 1.00. The molecule has 1 rings (SSSR count). The zero-order valence-electron chi connectivity index (χ0n) is 3.84. The van der Waals surface area contributed by atoms with Gasteiger partial charge in [-0.1, -0.05) is 11.6 Å². The Balaban J connectivity index is 2.59. The maximum absolute atomic E-state index is 12.1. The molecule has 0 spiro atoms. The predicted octanol–water partition coefficient (Wildman–Crippen LogP) is 2.02. The van der Waals surface area contributed by atoms with Gasteiger partial charge in [-0.25, -0.2) is 8.78 Å². The summed E-state index contributed by atoms with van der Waals surface area (Å²) in [6, 6.07) is 0. The topological polar surface area (TPSA) is 0 Å². The molecular formula is C4H5ClF2. The summed E-state index contributed by atoms with van der Waals surface area (Å²) in [5, 5.41) is -2.05. The lowest BCUT2D eigenvalue weighted by molar-refractivity contribution is 0.246. The van der Waals surface area contributed by atoms with Gasteiger partial charge in [-0.2, -0.15) is 0 Å². The fourth-order valence-electron chi connectivity index (χ4n) is 0.373. The van der Waals surface area contributed by atoms with E-state index in [2.05, 4.69) is 0 Å². The zero-order chi connectivity index (χ0) is 5.71. The minimum Gasteiger partial charge on any atom is -0.239 e. The molecule has 0 amide bonds. The summed E-state index contributed by atoms with van der Waals surface area (Å²) in [5.41, 5.74) is -1.76. The molecule has 2 unspecified atom stereocenters. The molecule has 0 radical (unpaired) electrons. The molecule has 0 N–H and O–H groups in total. The Morgan fingerprint density at radius 3 is 1.71 bits per heavy atom. The van der Waals surface area contributed by atoms with Crippen molar-refractivity contribution in [3.8, 4) is 0 Å². The van der Waals surface area contributed by atoms with Crippen LogP contribution in [0.5, 0.6) is 0 Å². The summed E-state index contributed by atoms with van der Waals surface area (Å²) in [4.78, 5) is 0. The number of halogens is 3. The molecule has 1 aliphatic rings. The van der Waals surface area contributed by atoms with Crippen LogP contribution >= 0.6 is 11.6 Å². The predicted molar refractivity (Wildman–Crippen MR) is 23.8 cm³/mol. The Bertz CT molecular complexity index is 85.9. The van der Waals surface area contributed by atoms with E-state index in [1.165, 1.54) is 0 Å². The maximum atomic E-state index is 12.1. The minimum absolute atomic E-state index is 0.165. The van der Waals surface area contributed by atoms with Gasteiger partial charge in [-0.15, -0.1) is 0 Å². The zero-order valence-corrected chi connectivity index (χ0v) is 4.60. The molecular weight excluding hydrogens is 121 g/mol. The van der Waals surface area contributed by atoms with E-state index in [1.54, 1.807) is 0 Å². The van der Waals surface area contributed by atoms with Gasteiger partial charge in [0.2, 0.25) is 5.13 Å². The van der Waals surface area contributed by atoms with Crippen molar-refractivity contribution in [3.05, 3.63) is 0 Å². The standard InChI is InChI=1S/C4H5ClF2/c1-3(6)2-4(3,5)7/h2H2,1H3. The lowest BCUT2D eigenvalue weighted by Crippen LogP contribution is -2.03. The van der Waals surface area contributed by atoms with Gasteiger partial charge in [-0.05, 0) is 6.92 Å².